The first-order chi connectivity index (χ1) is 40.1. The van der Waals surface area contributed by atoms with Crippen molar-refractivity contribution in [2.75, 3.05) is 59.9 Å². The summed E-state index contributed by atoms with van der Waals surface area (Å²) in [5, 5.41) is 22.7. The van der Waals surface area contributed by atoms with Gasteiger partial charge in [0.2, 0.25) is 0 Å². The average Bonchev–Trinajstić information content (AvgIpc) is 1.79. The molecule has 8 aromatic carbocycles. The zero-order valence-corrected chi connectivity index (χ0v) is 51.3. The monoisotopic (exact) mass is 1240 g/mol. The molecule has 2 atom stereocenters. The largest absolute Gasteiger partial charge is 1.00 e. The number of fused-ring (bicyclic) bond motifs is 2. The third kappa shape index (κ3) is 16.3. The minimum absolute atomic E-state index is 0. The number of benzene rings is 8. The van der Waals surface area contributed by atoms with E-state index < -0.39 is 57.1 Å². The second-order valence-corrected chi connectivity index (χ2v) is 23.7. The van der Waals surface area contributed by atoms with Crippen LogP contribution in [0.2, 0.25) is 10.0 Å². The van der Waals surface area contributed by atoms with Crippen LogP contribution >= 0.6 is 23.2 Å². The van der Waals surface area contributed by atoms with E-state index in [-0.39, 0.29) is 64.7 Å². The van der Waals surface area contributed by atoms with Crippen molar-refractivity contribution < 1.29 is 89.5 Å². The van der Waals surface area contributed by atoms with E-state index in [4.69, 9.17) is 42.1 Å². The fraction of sp³-hybridized carbons (Fsp3) is 0.226. The van der Waals surface area contributed by atoms with Crippen molar-refractivity contribution >= 4 is 111 Å². The summed E-state index contributed by atoms with van der Waals surface area (Å²) in [6.45, 7) is 3.01. The molecule has 0 spiro atoms. The van der Waals surface area contributed by atoms with Gasteiger partial charge in [0.1, 0.15) is 24.6 Å². The van der Waals surface area contributed by atoms with Gasteiger partial charge in [-0.05, 0) is 110 Å². The third-order valence-electron chi connectivity index (χ3n) is 13.8. The van der Waals surface area contributed by atoms with Gasteiger partial charge in [0.05, 0.1) is 62.4 Å². The maximum Gasteiger partial charge on any atom is 1.00 e. The maximum atomic E-state index is 14.0. The van der Waals surface area contributed by atoms with Gasteiger partial charge in [-0.15, -0.1) is 0 Å². The van der Waals surface area contributed by atoms with Crippen LogP contribution in [-0.4, -0.2) is 110 Å². The number of methoxy groups -OCH3 is 4. The van der Waals surface area contributed by atoms with Crippen molar-refractivity contribution in [3.05, 3.63) is 191 Å². The van der Waals surface area contributed by atoms with E-state index in [1.165, 1.54) is 64.8 Å². The topological polar surface area (TPSA) is 257 Å². The Morgan fingerprint density at radius 1 is 0.453 bits per heavy atom. The Balaban J connectivity index is 0.000000307. The fourth-order valence-electron chi connectivity index (χ4n) is 9.50. The number of anilines is 4. The standard InChI is InChI=1S/C32H33ClN2O7S.C30H29ClN2O7S.Li.H2O/c1-22(19-31(36)41-3)34(20-23-9-5-8-12-28(23)33)29-17-18-30(27-11-7-6-10-26(27)29)35(21-32(37)42-4)43(38,39)25-15-13-24(40-2)14-16-25;1-20(17-29(34)35)32(18-21-7-3-6-10-26(21)31)27-15-16-28(25-9-5-4-8-24(25)27)33(19-30(36)37)41(38,39)23-13-11-22(40-2)12-14-23;;/h5-18,22H,19-21H2,1-4H3;3-16,20H,17-19H2,1-2H3,(H,34,35)(H,36,37);;1H2/q;;+1;/p-1/t22-;20-;;/m00../s1. The molecule has 0 radical (unpaired) electrons. The molecule has 0 saturated heterocycles. The van der Waals surface area contributed by atoms with Crippen molar-refractivity contribution in [3.63, 3.8) is 0 Å². The Morgan fingerprint density at radius 2 is 0.791 bits per heavy atom. The van der Waals surface area contributed by atoms with E-state index in [0.717, 1.165) is 25.4 Å². The zero-order chi connectivity index (χ0) is 60.9. The SMILES string of the molecule is COC(=O)C[C@H](C)N(Cc1ccccc1Cl)c1ccc(N(CC(=O)OC)S(=O)(=O)c2ccc(OC)cc2)c2ccccc12.COc1ccc(S(=O)(=O)N(CC(=O)O)c2ccc(N(Cc3ccccc3Cl)[C@@H](C)CC(=O)O)c3ccccc23)cc1.[Li+].[OH-]. The minimum atomic E-state index is -4.30. The zero-order valence-electron chi connectivity index (χ0n) is 48.2. The van der Waals surface area contributed by atoms with Gasteiger partial charge in [0.15, 0.2) is 0 Å². The Bertz CT molecular complexity index is 3900. The molecule has 8 aromatic rings. The number of carboxylic acid groups (broad SMARTS) is 2. The first-order valence-electron chi connectivity index (χ1n) is 26.1. The van der Waals surface area contributed by atoms with Gasteiger partial charge in [0.25, 0.3) is 20.0 Å². The van der Waals surface area contributed by atoms with Gasteiger partial charge in [-0.3, -0.25) is 27.8 Å². The normalized spacial score (nSPS) is 11.7. The Morgan fingerprint density at radius 3 is 1.14 bits per heavy atom. The molecule has 0 amide bonds. The van der Waals surface area contributed by atoms with Crippen LogP contribution in [0.4, 0.5) is 22.7 Å². The molecule has 24 heteroatoms. The van der Waals surface area contributed by atoms with Crippen LogP contribution in [0.15, 0.2) is 180 Å². The Kier molecular flexibility index (Phi) is 24.7. The molecule has 0 aliphatic carbocycles. The molecule has 19 nitrogen and oxygen atoms in total. The number of hydrogen-bond donors (Lipinski definition) is 2. The molecule has 0 heterocycles. The summed E-state index contributed by atoms with van der Waals surface area (Å²) in [4.78, 5) is 52.2. The van der Waals surface area contributed by atoms with Crippen LogP contribution in [-0.2, 0) is 61.8 Å². The van der Waals surface area contributed by atoms with Gasteiger partial charge in [0, 0.05) is 68.1 Å². The first-order valence-corrected chi connectivity index (χ1v) is 29.7. The van der Waals surface area contributed by atoms with Crippen LogP contribution in [0.1, 0.15) is 37.8 Å². The summed E-state index contributed by atoms with van der Waals surface area (Å²) in [7, 11) is -3.01. The molecular formula is C62H63Cl2LiN4O15S2. The molecule has 0 aliphatic rings. The predicted molar refractivity (Wildman–Crippen MR) is 328 cm³/mol. The molecule has 0 unspecified atom stereocenters. The Hall–Kier alpha value is -8.00. The summed E-state index contributed by atoms with van der Waals surface area (Å²) in [5.74, 6) is -2.44. The molecular weight excluding hydrogens is 1180 g/mol. The third-order valence-corrected chi connectivity index (χ3v) is 18.1. The van der Waals surface area contributed by atoms with E-state index >= 15 is 0 Å². The average molecular weight is 1250 g/mol. The van der Waals surface area contributed by atoms with E-state index in [9.17, 15) is 46.2 Å². The van der Waals surface area contributed by atoms with Crippen molar-refractivity contribution in [3.8, 4) is 11.5 Å². The summed E-state index contributed by atoms with van der Waals surface area (Å²) in [6, 6.07) is 46.6. The van der Waals surface area contributed by atoms with E-state index in [1.54, 1.807) is 97.9 Å². The number of aliphatic carboxylic acids is 2. The van der Waals surface area contributed by atoms with Gasteiger partial charge in [-0.2, -0.15) is 0 Å². The summed E-state index contributed by atoms with van der Waals surface area (Å²) >= 11 is 13.0. The molecule has 0 aliphatic heterocycles. The van der Waals surface area contributed by atoms with Gasteiger partial charge < -0.3 is 44.4 Å². The van der Waals surface area contributed by atoms with Crippen LogP contribution in [0.5, 0.6) is 11.5 Å². The quantitative estimate of drug-likeness (QED) is 0.0426. The van der Waals surface area contributed by atoms with Crippen LogP contribution in [0.25, 0.3) is 21.5 Å². The smallest absolute Gasteiger partial charge is 0.870 e. The molecule has 0 bridgehead atoms. The first kappa shape index (κ1) is 68.8. The number of esters is 2. The molecule has 0 saturated carbocycles. The molecule has 86 heavy (non-hydrogen) atoms. The van der Waals surface area contributed by atoms with Crippen molar-refractivity contribution in [2.45, 2.75) is 61.7 Å². The van der Waals surface area contributed by atoms with Crippen molar-refractivity contribution in [2.24, 2.45) is 0 Å². The number of carboxylic acids is 2. The van der Waals surface area contributed by atoms with Gasteiger partial charge in [-0.1, -0.05) is 108 Å². The van der Waals surface area contributed by atoms with Crippen LogP contribution < -0.4 is 46.7 Å². The summed E-state index contributed by atoms with van der Waals surface area (Å²) in [5.41, 5.74) is 3.49. The van der Waals surface area contributed by atoms with E-state index in [2.05, 4.69) is 0 Å². The summed E-state index contributed by atoms with van der Waals surface area (Å²) < 4.78 is 77.5. The number of ether oxygens (including phenoxy) is 4. The number of rotatable bonds is 24. The molecule has 0 fully saturated rings. The molecule has 8 rings (SSSR count). The van der Waals surface area contributed by atoms with Gasteiger partial charge >= 0.3 is 42.7 Å². The fourth-order valence-corrected chi connectivity index (χ4v) is 12.8. The second-order valence-electron chi connectivity index (χ2n) is 19.2. The molecule has 448 valence electrons. The van der Waals surface area contributed by atoms with Crippen molar-refractivity contribution in [1.29, 1.82) is 0 Å². The Labute approximate surface area is 521 Å². The van der Waals surface area contributed by atoms with E-state index in [0.29, 0.717) is 67.6 Å². The number of sulfonamides is 2. The second kappa shape index (κ2) is 30.9. The van der Waals surface area contributed by atoms with Crippen LogP contribution in [0, 0.1) is 0 Å². The predicted octanol–water partition coefficient (Wildman–Crippen LogP) is 8.31. The number of nitrogens with zero attached hydrogens (tertiary/aromatic N) is 4. The number of halogens is 2. The van der Waals surface area contributed by atoms with E-state index in [1.807, 2.05) is 59.2 Å². The number of carbonyl (C=O) groups excluding carboxylic acids is 2. The maximum absolute atomic E-state index is 14.0. The number of hydrogen-bond acceptors (Lipinski definition) is 15. The summed E-state index contributed by atoms with van der Waals surface area (Å²) in [6.07, 6.45) is -0.0468. The van der Waals surface area contributed by atoms with Crippen molar-refractivity contribution in [1.82, 2.24) is 0 Å². The molecule has 3 N–H and O–H groups in total. The minimum Gasteiger partial charge on any atom is -0.870 e. The number of carbonyl (C=O) groups is 4. The van der Waals surface area contributed by atoms with Crippen LogP contribution in [0.3, 0.4) is 0 Å². The van der Waals surface area contributed by atoms with Gasteiger partial charge in [-0.25, -0.2) is 16.8 Å². The molecule has 0 aromatic heterocycles.